The molecule has 1 aromatic carbocycles. The highest BCUT2D eigenvalue weighted by Crippen LogP contribution is 2.30. The van der Waals surface area contributed by atoms with Crippen molar-refractivity contribution in [1.82, 2.24) is 14.9 Å². The summed E-state index contributed by atoms with van der Waals surface area (Å²) in [6.45, 7) is 2.80. The number of ether oxygens (including phenoxy) is 1. The van der Waals surface area contributed by atoms with Gasteiger partial charge < -0.3 is 14.6 Å². The minimum absolute atomic E-state index is 0.842. The molecule has 1 aliphatic heterocycles. The number of para-hydroxylation sites is 1. The summed E-state index contributed by atoms with van der Waals surface area (Å²) in [4.78, 5) is 4.45. The lowest BCUT2D eigenvalue weighted by atomic mass is 10.1. The molecule has 1 aromatic heterocycles. The molecule has 0 aliphatic carbocycles. The molecule has 0 atom stereocenters. The van der Waals surface area contributed by atoms with E-state index in [0.717, 1.165) is 42.5 Å². The number of imidazole rings is 1. The third-order valence-electron chi connectivity index (χ3n) is 3.12. The van der Waals surface area contributed by atoms with Gasteiger partial charge in [-0.25, -0.2) is 4.98 Å². The van der Waals surface area contributed by atoms with Crippen LogP contribution in [-0.4, -0.2) is 23.2 Å². The predicted molar refractivity (Wildman–Crippen MR) is 65.9 cm³/mol. The van der Waals surface area contributed by atoms with Crippen LogP contribution in [-0.2, 0) is 13.1 Å². The highest BCUT2D eigenvalue weighted by atomic mass is 16.5. The quantitative estimate of drug-likeness (QED) is 0.851. The Morgan fingerprint density at radius 3 is 3.12 bits per heavy atom. The van der Waals surface area contributed by atoms with E-state index in [2.05, 4.69) is 20.9 Å². The Bertz CT molecular complexity index is 533. The van der Waals surface area contributed by atoms with Gasteiger partial charge >= 0.3 is 0 Å². The minimum atomic E-state index is 0.842. The van der Waals surface area contributed by atoms with Crippen LogP contribution in [0.2, 0.25) is 0 Å². The van der Waals surface area contributed by atoms with Crippen molar-refractivity contribution in [3.8, 4) is 17.0 Å². The maximum atomic E-state index is 5.40. The van der Waals surface area contributed by atoms with Crippen LogP contribution >= 0.6 is 0 Å². The van der Waals surface area contributed by atoms with E-state index >= 15 is 0 Å². The highest BCUT2D eigenvalue weighted by Gasteiger charge is 2.16. The molecule has 0 saturated carbocycles. The lowest BCUT2D eigenvalue weighted by Crippen LogP contribution is -2.28. The van der Waals surface area contributed by atoms with Gasteiger partial charge in [0.2, 0.25) is 0 Å². The summed E-state index contributed by atoms with van der Waals surface area (Å²) in [5, 5.41) is 3.32. The monoisotopic (exact) mass is 229 g/mol. The Morgan fingerprint density at radius 2 is 2.24 bits per heavy atom. The van der Waals surface area contributed by atoms with Crippen molar-refractivity contribution in [3.63, 3.8) is 0 Å². The zero-order chi connectivity index (χ0) is 11.7. The van der Waals surface area contributed by atoms with Gasteiger partial charge in [0.25, 0.3) is 0 Å². The number of nitrogens with zero attached hydrogens (tertiary/aromatic N) is 2. The average Bonchev–Trinajstić information content (AvgIpc) is 2.82. The molecule has 1 N–H and O–H groups in total. The summed E-state index contributed by atoms with van der Waals surface area (Å²) < 4.78 is 7.66. The largest absolute Gasteiger partial charge is 0.496 e. The van der Waals surface area contributed by atoms with Crippen LogP contribution < -0.4 is 10.1 Å². The predicted octanol–water partition coefficient (Wildman–Crippen LogP) is 1.66. The molecule has 0 fully saturated rings. The SMILES string of the molecule is COc1ccccc1-c1cnc2n1CCNC2. The molecule has 2 heterocycles. The highest BCUT2D eigenvalue weighted by molar-refractivity contribution is 5.67. The summed E-state index contributed by atoms with van der Waals surface area (Å²) in [5.74, 6) is 1.99. The summed E-state index contributed by atoms with van der Waals surface area (Å²) in [5.41, 5.74) is 2.24. The van der Waals surface area contributed by atoms with Gasteiger partial charge in [0, 0.05) is 18.7 Å². The Kier molecular flexibility index (Phi) is 2.57. The Labute approximate surface area is 100 Å². The number of aromatic nitrogens is 2. The van der Waals surface area contributed by atoms with Crippen LogP contribution in [0.25, 0.3) is 11.3 Å². The molecule has 4 heteroatoms. The molecule has 88 valence electrons. The van der Waals surface area contributed by atoms with E-state index < -0.39 is 0 Å². The Hall–Kier alpha value is -1.81. The van der Waals surface area contributed by atoms with E-state index in [0.29, 0.717) is 0 Å². The van der Waals surface area contributed by atoms with Crippen molar-refractivity contribution in [1.29, 1.82) is 0 Å². The second-order valence-corrected chi connectivity index (χ2v) is 4.09. The van der Waals surface area contributed by atoms with Crippen LogP contribution in [0.1, 0.15) is 5.82 Å². The summed E-state index contributed by atoms with van der Waals surface area (Å²) in [6.07, 6.45) is 1.93. The lowest BCUT2D eigenvalue weighted by molar-refractivity contribution is 0.415. The first-order valence-electron chi connectivity index (χ1n) is 5.78. The second-order valence-electron chi connectivity index (χ2n) is 4.09. The topological polar surface area (TPSA) is 39.1 Å². The van der Waals surface area contributed by atoms with E-state index in [1.807, 2.05) is 24.4 Å². The molecule has 0 amide bonds. The summed E-state index contributed by atoms with van der Waals surface area (Å²) in [6, 6.07) is 8.07. The number of hydrogen-bond donors (Lipinski definition) is 1. The van der Waals surface area contributed by atoms with Crippen molar-refractivity contribution in [2.75, 3.05) is 13.7 Å². The fraction of sp³-hybridized carbons (Fsp3) is 0.308. The zero-order valence-electron chi connectivity index (χ0n) is 9.81. The standard InChI is InChI=1S/C13H15N3O/c1-17-12-5-3-2-4-10(12)11-8-15-13-9-14-6-7-16(11)13/h2-5,8,14H,6-7,9H2,1H3. The van der Waals surface area contributed by atoms with Gasteiger partial charge in [-0.3, -0.25) is 0 Å². The van der Waals surface area contributed by atoms with Gasteiger partial charge in [0.05, 0.1) is 25.5 Å². The summed E-state index contributed by atoms with van der Waals surface area (Å²) in [7, 11) is 1.70. The van der Waals surface area contributed by atoms with Crippen LogP contribution in [0.4, 0.5) is 0 Å². The fourth-order valence-electron chi connectivity index (χ4n) is 2.27. The first-order valence-corrected chi connectivity index (χ1v) is 5.78. The maximum absolute atomic E-state index is 5.40. The zero-order valence-corrected chi connectivity index (χ0v) is 9.81. The molecule has 0 saturated heterocycles. The number of rotatable bonds is 2. The smallest absolute Gasteiger partial charge is 0.128 e. The number of hydrogen-bond acceptors (Lipinski definition) is 3. The summed E-state index contributed by atoms with van der Waals surface area (Å²) >= 11 is 0. The van der Waals surface area contributed by atoms with Gasteiger partial charge in [0.15, 0.2) is 0 Å². The van der Waals surface area contributed by atoms with Crippen molar-refractivity contribution < 1.29 is 4.74 Å². The number of fused-ring (bicyclic) bond motifs is 1. The number of benzene rings is 1. The third kappa shape index (κ3) is 1.70. The first-order chi connectivity index (χ1) is 8.40. The van der Waals surface area contributed by atoms with Crippen molar-refractivity contribution in [2.45, 2.75) is 13.1 Å². The normalized spacial score (nSPS) is 14.4. The van der Waals surface area contributed by atoms with Crippen LogP contribution in [0.5, 0.6) is 5.75 Å². The molecule has 3 rings (SSSR count). The Balaban J connectivity index is 2.12. The molecular formula is C13H15N3O. The van der Waals surface area contributed by atoms with E-state index in [1.54, 1.807) is 7.11 Å². The van der Waals surface area contributed by atoms with E-state index in [9.17, 15) is 0 Å². The molecule has 0 spiro atoms. The molecule has 17 heavy (non-hydrogen) atoms. The van der Waals surface area contributed by atoms with E-state index in [-0.39, 0.29) is 0 Å². The second kappa shape index (κ2) is 4.22. The van der Waals surface area contributed by atoms with E-state index in [4.69, 9.17) is 4.74 Å². The van der Waals surface area contributed by atoms with Crippen molar-refractivity contribution in [3.05, 3.63) is 36.3 Å². The molecule has 0 bridgehead atoms. The van der Waals surface area contributed by atoms with Gasteiger partial charge in [-0.05, 0) is 12.1 Å². The van der Waals surface area contributed by atoms with Gasteiger partial charge in [0.1, 0.15) is 11.6 Å². The molecular weight excluding hydrogens is 214 g/mol. The van der Waals surface area contributed by atoms with Gasteiger partial charge in [-0.1, -0.05) is 12.1 Å². The van der Waals surface area contributed by atoms with Crippen molar-refractivity contribution in [2.24, 2.45) is 0 Å². The van der Waals surface area contributed by atoms with Crippen LogP contribution in [0.15, 0.2) is 30.5 Å². The molecule has 1 aliphatic rings. The number of methoxy groups -OCH3 is 1. The molecule has 0 radical (unpaired) electrons. The minimum Gasteiger partial charge on any atom is -0.496 e. The van der Waals surface area contributed by atoms with Crippen molar-refractivity contribution >= 4 is 0 Å². The van der Waals surface area contributed by atoms with Gasteiger partial charge in [-0.2, -0.15) is 0 Å². The Morgan fingerprint density at radius 1 is 1.35 bits per heavy atom. The lowest BCUT2D eigenvalue weighted by Gasteiger charge is -2.18. The van der Waals surface area contributed by atoms with Crippen LogP contribution in [0.3, 0.4) is 0 Å². The fourth-order valence-corrected chi connectivity index (χ4v) is 2.27. The maximum Gasteiger partial charge on any atom is 0.128 e. The average molecular weight is 229 g/mol. The first kappa shape index (κ1) is 10.4. The number of nitrogens with one attached hydrogen (secondary N) is 1. The van der Waals surface area contributed by atoms with Crippen LogP contribution in [0, 0.1) is 0 Å². The molecule has 4 nitrogen and oxygen atoms in total. The molecule has 2 aromatic rings. The third-order valence-corrected chi connectivity index (χ3v) is 3.12. The van der Waals surface area contributed by atoms with E-state index in [1.165, 1.54) is 0 Å². The van der Waals surface area contributed by atoms with Gasteiger partial charge in [-0.15, -0.1) is 0 Å². The molecule has 0 unspecified atom stereocenters.